The van der Waals surface area contributed by atoms with E-state index in [-0.39, 0.29) is 0 Å². The monoisotopic (exact) mass is 288 g/mol. The molecule has 1 aliphatic heterocycles. The summed E-state index contributed by atoms with van der Waals surface area (Å²) in [6.45, 7) is 8.58. The molecule has 1 aromatic carbocycles. The molecule has 0 spiro atoms. The smallest absolute Gasteiger partial charge is 0.191 e. The largest absolute Gasteiger partial charge is 0.450 e. The summed E-state index contributed by atoms with van der Waals surface area (Å²) in [6.07, 6.45) is 0. The van der Waals surface area contributed by atoms with E-state index in [2.05, 4.69) is 56.9 Å². The maximum Gasteiger partial charge on any atom is 0.191 e. The summed E-state index contributed by atoms with van der Waals surface area (Å²) in [6, 6.07) is 8.74. The minimum atomic E-state index is 0.290. The molecule has 2 aromatic rings. The second-order valence-electron chi connectivity index (χ2n) is 5.70. The van der Waals surface area contributed by atoms with Crippen LogP contribution in [0.4, 0.5) is 17.1 Å². The van der Waals surface area contributed by atoms with Crippen LogP contribution in [-0.2, 0) is 0 Å². The molecule has 0 fully saturated rings. The third-order valence-electron chi connectivity index (χ3n) is 3.53. The van der Waals surface area contributed by atoms with Gasteiger partial charge in [0.05, 0.1) is 11.4 Å². The van der Waals surface area contributed by atoms with Crippen LogP contribution in [0.1, 0.15) is 39.4 Å². The molecule has 0 aliphatic carbocycles. The van der Waals surface area contributed by atoms with E-state index in [4.69, 9.17) is 10.2 Å². The van der Waals surface area contributed by atoms with Gasteiger partial charge in [0, 0.05) is 16.9 Å². The number of nitrogens with zero attached hydrogens (tertiary/aromatic N) is 1. The molecule has 0 bridgehead atoms. The van der Waals surface area contributed by atoms with Gasteiger partial charge in [-0.05, 0) is 37.7 Å². The van der Waals surface area contributed by atoms with Gasteiger partial charge in [0.25, 0.3) is 0 Å². The quantitative estimate of drug-likeness (QED) is 0.844. The lowest BCUT2D eigenvalue weighted by molar-refractivity contribution is 0.416. The number of fused-ring (bicyclic) bond motifs is 2. The number of nitrogens with two attached hydrogens (primary N) is 1. The molecule has 2 heterocycles. The Bertz CT molecular complexity index is 646. The van der Waals surface area contributed by atoms with Crippen LogP contribution < -0.4 is 10.6 Å². The Labute approximate surface area is 124 Å². The van der Waals surface area contributed by atoms with Gasteiger partial charge in [-0.1, -0.05) is 26.0 Å². The molecule has 0 saturated carbocycles. The Morgan fingerprint density at radius 3 is 2.50 bits per heavy atom. The molecule has 0 atom stereocenters. The summed E-state index contributed by atoms with van der Waals surface area (Å²) in [4.78, 5) is 3.50. The van der Waals surface area contributed by atoms with Crippen LogP contribution in [0.3, 0.4) is 0 Å². The molecule has 2 N–H and O–H groups in total. The van der Waals surface area contributed by atoms with Crippen molar-refractivity contribution in [2.75, 3.05) is 10.6 Å². The number of anilines is 3. The lowest BCUT2D eigenvalue weighted by atomic mass is 10.1. The Morgan fingerprint density at radius 1 is 1.15 bits per heavy atom. The highest BCUT2D eigenvalue weighted by molar-refractivity contribution is 7.99. The third-order valence-corrected chi connectivity index (χ3v) is 4.55. The molecule has 20 heavy (non-hydrogen) atoms. The van der Waals surface area contributed by atoms with Crippen molar-refractivity contribution in [3.05, 3.63) is 30.0 Å². The maximum absolute atomic E-state index is 6.36. The molecule has 4 heteroatoms. The second-order valence-corrected chi connectivity index (χ2v) is 6.72. The predicted octanol–water partition coefficient (Wildman–Crippen LogP) is 5.00. The first-order valence-corrected chi connectivity index (χ1v) is 7.80. The van der Waals surface area contributed by atoms with E-state index in [0.717, 1.165) is 22.2 Å². The normalized spacial score (nSPS) is 13.8. The van der Waals surface area contributed by atoms with E-state index in [1.807, 2.05) is 0 Å². The molecule has 3 nitrogen and oxygen atoms in total. The molecule has 0 amide bonds. The van der Waals surface area contributed by atoms with Gasteiger partial charge in [0.1, 0.15) is 11.4 Å². The molecule has 106 valence electrons. The van der Waals surface area contributed by atoms with Crippen molar-refractivity contribution in [1.82, 2.24) is 0 Å². The van der Waals surface area contributed by atoms with E-state index < -0.39 is 0 Å². The Kier molecular flexibility index (Phi) is 3.21. The minimum absolute atomic E-state index is 0.290. The summed E-state index contributed by atoms with van der Waals surface area (Å²) in [7, 11) is 0. The highest BCUT2D eigenvalue weighted by atomic mass is 32.2. The summed E-state index contributed by atoms with van der Waals surface area (Å²) in [5, 5.41) is 0.915. The highest BCUT2D eigenvalue weighted by Gasteiger charge is 2.32. The number of rotatable bonds is 2. The van der Waals surface area contributed by atoms with E-state index in [0.29, 0.717) is 12.0 Å². The van der Waals surface area contributed by atoms with Crippen LogP contribution in [0.2, 0.25) is 0 Å². The van der Waals surface area contributed by atoms with Gasteiger partial charge in [0.15, 0.2) is 5.09 Å². The SMILES string of the molecule is CC(C)c1oc2c(c1N)N(C(C)C)c1ccccc1S2. The van der Waals surface area contributed by atoms with Crippen molar-refractivity contribution in [2.24, 2.45) is 0 Å². The van der Waals surface area contributed by atoms with Gasteiger partial charge in [-0.15, -0.1) is 0 Å². The van der Waals surface area contributed by atoms with Crippen LogP contribution in [0.5, 0.6) is 0 Å². The van der Waals surface area contributed by atoms with Crippen molar-refractivity contribution >= 4 is 28.8 Å². The Morgan fingerprint density at radius 2 is 1.85 bits per heavy atom. The number of furan rings is 1. The van der Waals surface area contributed by atoms with Crippen LogP contribution in [-0.4, -0.2) is 6.04 Å². The summed E-state index contributed by atoms with van der Waals surface area (Å²) >= 11 is 1.67. The number of hydrogen-bond donors (Lipinski definition) is 1. The average molecular weight is 288 g/mol. The molecule has 0 saturated heterocycles. The molecule has 3 rings (SSSR count). The van der Waals surface area contributed by atoms with E-state index in [9.17, 15) is 0 Å². The molecule has 1 aromatic heterocycles. The third kappa shape index (κ3) is 1.90. The van der Waals surface area contributed by atoms with Gasteiger partial charge in [0.2, 0.25) is 0 Å². The predicted molar refractivity (Wildman–Crippen MR) is 85.0 cm³/mol. The number of hydrogen-bond acceptors (Lipinski definition) is 4. The van der Waals surface area contributed by atoms with Crippen LogP contribution in [0, 0.1) is 0 Å². The van der Waals surface area contributed by atoms with Crippen molar-refractivity contribution in [1.29, 1.82) is 0 Å². The average Bonchev–Trinajstić information content (AvgIpc) is 2.73. The maximum atomic E-state index is 6.36. The van der Waals surface area contributed by atoms with Gasteiger partial charge < -0.3 is 15.1 Å². The zero-order chi connectivity index (χ0) is 14.4. The molecular weight excluding hydrogens is 268 g/mol. The number of nitrogen functional groups attached to an aromatic ring is 1. The van der Waals surface area contributed by atoms with Crippen molar-refractivity contribution in [3.8, 4) is 0 Å². The molecular formula is C16H20N2OS. The summed E-state index contributed by atoms with van der Waals surface area (Å²) in [5.41, 5.74) is 9.39. The number of benzene rings is 1. The molecule has 0 radical (unpaired) electrons. The second kappa shape index (κ2) is 4.77. The van der Waals surface area contributed by atoms with Crippen LogP contribution >= 0.6 is 11.8 Å². The standard InChI is InChI=1S/C16H20N2OS/c1-9(2)15-13(17)14-16(19-15)20-12-8-6-5-7-11(12)18(14)10(3)4/h5-10H,17H2,1-4H3. The van der Waals surface area contributed by atoms with Crippen molar-refractivity contribution < 1.29 is 4.42 Å². The zero-order valence-electron chi connectivity index (χ0n) is 12.3. The van der Waals surface area contributed by atoms with Gasteiger partial charge in [-0.3, -0.25) is 0 Å². The Hall–Kier alpha value is -1.55. The number of para-hydroxylation sites is 1. The fourth-order valence-electron chi connectivity index (χ4n) is 2.66. The Balaban J connectivity index is 2.22. The van der Waals surface area contributed by atoms with E-state index >= 15 is 0 Å². The fourth-order valence-corrected chi connectivity index (χ4v) is 3.71. The first-order chi connectivity index (χ1) is 9.50. The minimum Gasteiger partial charge on any atom is -0.450 e. The first kappa shape index (κ1) is 13.4. The van der Waals surface area contributed by atoms with Gasteiger partial charge in [-0.25, -0.2) is 0 Å². The zero-order valence-corrected chi connectivity index (χ0v) is 13.1. The summed E-state index contributed by atoms with van der Waals surface area (Å²) < 4.78 is 6.03. The van der Waals surface area contributed by atoms with Gasteiger partial charge in [-0.2, -0.15) is 0 Å². The van der Waals surface area contributed by atoms with E-state index in [1.54, 1.807) is 11.8 Å². The first-order valence-electron chi connectivity index (χ1n) is 6.99. The van der Waals surface area contributed by atoms with Crippen molar-refractivity contribution in [3.63, 3.8) is 0 Å². The highest BCUT2D eigenvalue weighted by Crippen LogP contribution is 2.54. The van der Waals surface area contributed by atoms with Gasteiger partial charge >= 0.3 is 0 Å². The molecule has 1 aliphatic rings. The lowest BCUT2D eigenvalue weighted by Gasteiger charge is -2.33. The van der Waals surface area contributed by atoms with E-state index in [1.165, 1.54) is 10.6 Å². The van der Waals surface area contributed by atoms with Crippen LogP contribution in [0.15, 0.2) is 38.7 Å². The topological polar surface area (TPSA) is 42.4 Å². The fraction of sp³-hybridized carbons (Fsp3) is 0.375. The van der Waals surface area contributed by atoms with Crippen LogP contribution in [0.25, 0.3) is 0 Å². The lowest BCUT2D eigenvalue weighted by Crippen LogP contribution is -2.28. The summed E-state index contributed by atoms with van der Waals surface area (Å²) in [5.74, 6) is 1.18. The van der Waals surface area contributed by atoms with Crippen molar-refractivity contribution in [2.45, 2.75) is 49.6 Å². The molecule has 0 unspecified atom stereocenters.